The summed E-state index contributed by atoms with van der Waals surface area (Å²) in [6.45, 7) is 8.74. The van der Waals surface area contributed by atoms with Crippen molar-refractivity contribution in [2.24, 2.45) is 0 Å². The number of rotatable bonds is 7. The molecule has 1 unspecified atom stereocenters. The van der Waals surface area contributed by atoms with Gasteiger partial charge in [0, 0.05) is 23.8 Å². The van der Waals surface area contributed by atoms with Crippen LogP contribution in [0, 0.1) is 0 Å². The van der Waals surface area contributed by atoms with Crippen LogP contribution in [-0.2, 0) is 18.0 Å². The van der Waals surface area contributed by atoms with Crippen LogP contribution in [0.4, 0.5) is 0 Å². The first-order chi connectivity index (χ1) is 9.52. The van der Waals surface area contributed by atoms with E-state index < -0.39 is 8.80 Å². The topological polar surface area (TPSA) is 36.9 Å². The molecule has 0 radical (unpaired) electrons. The van der Waals surface area contributed by atoms with Crippen molar-refractivity contribution in [1.29, 1.82) is 0 Å². The van der Waals surface area contributed by atoms with Crippen molar-refractivity contribution in [2.75, 3.05) is 6.61 Å². The number of benzene rings is 1. The summed E-state index contributed by atoms with van der Waals surface area (Å²) >= 11 is 0. The minimum atomic E-state index is -2.96. The molecule has 1 aromatic carbocycles. The maximum atomic E-state index is 6.16. The van der Waals surface area contributed by atoms with Crippen LogP contribution in [0.3, 0.4) is 0 Å². The Hall–Kier alpha value is -0.723. The monoisotopic (exact) mass is 296 g/mol. The van der Waals surface area contributed by atoms with Gasteiger partial charge in [0.2, 0.25) is 0 Å². The predicted octanol–water partition coefficient (Wildman–Crippen LogP) is 2.45. The second-order valence-electron chi connectivity index (χ2n) is 5.46. The summed E-state index contributed by atoms with van der Waals surface area (Å²) < 4.78 is 23.9. The lowest BCUT2D eigenvalue weighted by molar-refractivity contribution is -0.192. The highest BCUT2D eigenvalue weighted by molar-refractivity contribution is 6.75. The van der Waals surface area contributed by atoms with Gasteiger partial charge >= 0.3 is 8.80 Å². The number of ether oxygens (including phenoxy) is 1. The average molecular weight is 296 g/mol. The predicted molar refractivity (Wildman–Crippen MR) is 79.7 cm³/mol. The molecule has 1 fully saturated rings. The molecule has 0 aliphatic carbocycles. The summed E-state index contributed by atoms with van der Waals surface area (Å²) in [5.41, 5.74) is 0. The summed E-state index contributed by atoms with van der Waals surface area (Å²) in [5.74, 6) is 0. The van der Waals surface area contributed by atoms with Crippen molar-refractivity contribution in [1.82, 2.24) is 0 Å². The standard InChI is InChI=1S/C15H24O4Si/c1-12(2)17-20(18-13(3)4,19-15-10-11-16-15)14-8-6-5-7-9-14/h5-9,12-13,15H,10-11H2,1-4H3. The Kier molecular flexibility index (Phi) is 5.34. The van der Waals surface area contributed by atoms with Gasteiger partial charge in [-0.05, 0) is 27.7 Å². The molecule has 0 spiro atoms. The zero-order valence-electron chi connectivity index (χ0n) is 12.7. The molecule has 112 valence electrons. The van der Waals surface area contributed by atoms with Crippen molar-refractivity contribution in [3.63, 3.8) is 0 Å². The first kappa shape index (κ1) is 15.7. The SMILES string of the molecule is CC(C)O[Si](OC(C)C)(OC1CCO1)c1ccccc1. The Morgan fingerprint density at radius 2 is 1.60 bits per heavy atom. The quantitative estimate of drug-likeness (QED) is 0.724. The van der Waals surface area contributed by atoms with Gasteiger partial charge in [0.15, 0.2) is 6.29 Å². The minimum absolute atomic E-state index is 0.0284. The first-order valence-corrected chi connectivity index (χ1v) is 8.95. The van der Waals surface area contributed by atoms with E-state index in [1.807, 2.05) is 58.0 Å². The fourth-order valence-electron chi connectivity index (χ4n) is 2.03. The van der Waals surface area contributed by atoms with Crippen LogP contribution in [0.15, 0.2) is 30.3 Å². The maximum Gasteiger partial charge on any atom is 0.539 e. The van der Waals surface area contributed by atoms with Gasteiger partial charge in [-0.2, -0.15) is 0 Å². The molecule has 20 heavy (non-hydrogen) atoms. The van der Waals surface area contributed by atoms with E-state index in [0.717, 1.165) is 18.2 Å². The van der Waals surface area contributed by atoms with Crippen molar-refractivity contribution in [3.05, 3.63) is 30.3 Å². The zero-order valence-corrected chi connectivity index (χ0v) is 13.7. The second-order valence-corrected chi connectivity index (χ2v) is 7.86. The van der Waals surface area contributed by atoms with Crippen LogP contribution in [0.1, 0.15) is 34.1 Å². The first-order valence-electron chi connectivity index (χ1n) is 7.22. The molecule has 0 aromatic heterocycles. The van der Waals surface area contributed by atoms with E-state index in [-0.39, 0.29) is 18.5 Å². The lowest BCUT2D eigenvalue weighted by atomic mass is 10.4. The summed E-state index contributed by atoms with van der Waals surface area (Å²) in [6, 6.07) is 9.96. The number of hydrogen-bond acceptors (Lipinski definition) is 4. The Labute approximate surface area is 122 Å². The molecule has 1 aliphatic rings. The summed E-state index contributed by atoms with van der Waals surface area (Å²) in [6.07, 6.45) is 0.741. The molecule has 1 aliphatic heterocycles. The van der Waals surface area contributed by atoms with Crippen molar-refractivity contribution in [2.45, 2.75) is 52.6 Å². The van der Waals surface area contributed by atoms with Crippen LogP contribution in [0.5, 0.6) is 0 Å². The van der Waals surface area contributed by atoms with E-state index in [4.69, 9.17) is 18.0 Å². The van der Waals surface area contributed by atoms with Gasteiger partial charge in [-0.3, -0.25) is 0 Å². The third-order valence-corrected chi connectivity index (χ3v) is 6.03. The fraction of sp³-hybridized carbons (Fsp3) is 0.600. The second kappa shape index (κ2) is 6.82. The highest BCUT2D eigenvalue weighted by atomic mass is 28.4. The average Bonchev–Trinajstić information content (AvgIpc) is 2.33. The van der Waals surface area contributed by atoms with E-state index in [2.05, 4.69) is 0 Å². The molecule has 0 amide bonds. The van der Waals surface area contributed by atoms with E-state index in [9.17, 15) is 0 Å². The third-order valence-electron chi connectivity index (χ3n) is 2.85. The Morgan fingerprint density at radius 3 is 2.00 bits per heavy atom. The van der Waals surface area contributed by atoms with Crippen LogP contribution in [-0.4, -0.2) is 33.9 Å². The lowest BCUT2D eigenvalue weighted by Crippen LogP contribution is -2.61. The van der Waals surface area contributed by atoms with Gasteiger partial charge in [-0.25, -0.2) is 0 Å². The summed E-state index contributed by atoms with van der Waals surface area (Å²) in [4.78, 5) is 0. The molecule has 0 N–H and O–H groups in total. The minimum Gasteiger partial charge on any atom is -0.367 e. The lowest BCUT2D eigenvalue weighted by Gasteiger charge is -2.38. The van der Waals surface area contributed by atoms with Gasteiger partial charge < -0.3 is 18.0 Å². The molecular weight excluding hydrogens is 272 g/mol. The zero-order chi connectivity index (χ0) is 14.6. The normalized spacial score (nSPS) is 19.4. The number of hydrogen-bond donors (Lipinski definition) is 0. The Bertz CT molecular complexity index is 394. The van der Waals surface area contributed by atoms with Crippen LogP contribution in [0.25, 0.3) is 0 Å². The summed E-state index contributed by atoms with van der Waals surface area (Å²) in [5, 5.41) is 0.984. The maximum absolute atomic E-state index is 6.16. The van der Waals surface area contributed by atoms with Gasteiger partial charge in [0.1, 0.15) is 0 Å². The van der Waals surface area contributed by atoms with E-state index in [0.29, 0.717) is 0 Å². The van der Waals surface area contributed by atoms with Crippen LogP contribution >= 0.6 is 0 Å². The van der Waals surface area contributed by atoms with Gasteiger partial charge in [-0.1, -0.05) is 30.3 Å². The molecule has 2 rings (SSSR count). The van der Waals surface area contributed by atoms with E-state index in [1.165, 1.54) is 0 Å². The molecule has 1 saturated heterocycles. The van der Waals surface area contributed by atoms with Gasteiger partial charge in [-0.15, -0.1) is 0 Å². The van der Waals surface area contributed by atoms with Gasteiger partial charge in [0.25, 0.3) is 0 Å². The molecule has 1 atom stereocenters. The molecule has 5 heteroatoms. The molecule has 0 saturated carbocycles. The largest absolute Gasteiger partial charge is 0.539 e. The van der Waals surface area contributed by atoms with Crippen molar-refractivity contribution < 1.29 is 18.0 Å². The fourth-order valence-corrected chi connectivity index (χ4v) is 4.98. The van der Waals surface area contributed by atoms with Crippen LogP contribution < -0.4 is 5.19 Å². The van der Waals surface area contributed by atoms with E-state index >= 15 is 0 Å². The molecule has 1 heterocycles. The Morgan fingerprint density at radius 1 is 1.05 bits per heavy atom. The van der Waals surface area contributed by atoms with E-state index in [1.54, 1.807) is 0 Å². The van der Waals surface area contributed by atoms with Crippen molar-refractivity contribution in [3.8, 4) is 0 Å². The summed E-state index contributed by atoms with van der Waals surface area (Å²) in [7, 11) is -2.96. The molecular formula is C15H24O4Si. The highest BCUT2D eigenvalue weighted by Crippen LogP contribution is 2.23. The smallest absolute Gasteiger partial charge is 0.367 e. The van der Waals surface area contributed by atoms with Gasteiger partial charge in [0.05, 0.1) is 6.61 Å². The molecule has 4 nitrogen and oxygen atoms in total. The highest BCUT2D eigenvalue weighted by Gasteiger charge is 2.49. The molecule has 1 aromatic rings. The van der Waals surface area contributed by atoms with Crippen LogP contribution in [0.2, 0.25) is 0 Å². The molecule has 0 bridgehead atoms. The van der Waals surface area contributed by atoms with Crippen molar-refractivity contribution >= 4 is 14.0 Å². The Balaban J connectivity index is 2.30. The third kappa shape index (κ3) is 3.90.